The van der Waals surface area contributed by atoms with E-state index in [4.69, 9.17) is 5.11 Å². The van der Waals surface area contributed by atoms with Gasteiger partial charge in [0.1, 0.15) is 0 Å². The fraction of sp³-hybridized carbons (Fsp3) is 0.125. The zero-order valence-corrected chi connectivity index (χ0v) is 7.39. The summed E-state index contributed by atoms with van der Waals surface area (Å²) < 4.78 is 3.00. The summed E-state index contributed by atoms with van der Waals surface area (Å²) in [5, 5.41) is 8.58. The number of carboxylic acid groups (broad SMARTS) is 1. The molecule has 3 nitrogen and oxygen atoms in total. The van der Waals surface area contributed by atoms with Gasteiger partial charge in [0.15, 0.2) is 0 Å². The first-order chi connectivity index (χ1) is 5.74. The van der Waals surface area contributed by atoms with Crippen molar-refractivity contribution in [1.82, 2.24) is 0 Å². The van der Waals surface area contributed by atoms with E-state index in [1.165, 1.54) is 11.9 Å². The predicted octanol–water partition coefficient (Wildman–Crippen LogP) is 2.07. The van der Waals surface area contributed by atoms with E-state index in [-0.39, 0.29) is 0 Å². The number of aromatic carboxylic acids is 1. The molecule has 0 fully saturated rings. The van der Waals surface area contributed by atoms with Crippen LogP contribution in [0.4, 0.5) is 5.69 Å². The molecule has 0 aliphatic heterocycles. The molecule has 1 aromatic carbocycles. The van der Waals surface area contributed by atoms with Crippen molar-refractivity contribution in [2.75, 3.05) is 11.0 Å². The van der Waals surface area contributed by atoms with Crippen LogP contribution in [0, 0.1) is 0 Å². The summed E-state index contributed by atoms with van der Waals surface area (Å²) in [5.41, 5.74) is 1.22. The van der Waals surface area contributed by atoms with E-state index in [0.717, 1.165) is 5.69 Å². The van der Waals surface area contributed by atoms with Crippen LogP contribution >= 0.6 is 11.9 Å². The van der Waals surface area contributed by atoms with Crippen LogP contribution in [0.15, 0.2) is 24.3 Å². The third-order valence-electron chi connectivity index (χ3n) is 1.35. The average Bonchev–Trinajstić information content (AvgIpc) is 2.06. The van der Waals surface area contributed by atoms with Crippen LogP contribution in [0.1, 0.15) is 10.4 Å². The molecule has 64 valence electrons. The first-order valence-electron chi connectivity index (χ1n) is 3.36. The maximum Gasteiger partial charge on any atom is 0.335 e. The molecule has 0 saturated heterocycles. The van der Waals surface area contributed by atoms with Gasteiger partial charge in [-0.05, 0) is 24.3 Å². The first-order valence-corrected chi connectivity index (χ1v) is 4.59. The number of nitrogens with one attached hydrogen (secondary N) is 1. The van der Waals surface area contributed by atoms with Crippen LogP contribution in [-0.2, 0) is 0 Å². The highest BCUT2D eigenvalue weighted by Gasteiger charge is 2.00. The third kappa shape index (κ3) is 2.17. The molecule has 0 bridgehead atoms. The number of hydrogen-bond acceptors (Lipinski definition) is 3. The first kappa shape index (κ1) is 8.93. The fourth-order valence-corrected chi connectivity index (χ4v) is 1.17. The van der Waals surface area contributed by atoms with Gasteiger partial charge in [-0.1, -0.05) is 11.9 Å². The van der Waals surface area contributed by atoms with Gasteiger partial charge in [0.25, 0.3) is 0 Å². The van der Waals surface area contributed by atoms with Crippen LogP contribution in [-0.4, -0.2) is 17.3 Å². The number of hydrogen-bond donors (Lipinski definition) is 2. The molecule has 0 aromatic heterocycles. The molecule has 0 atom stereocenters. The summed E-state index contributed by atoms with van der Waals surface area (Å²) in [7, 11) is 0. The van der Waals surface area contributed by atoms with Gasteiger partial charge in [0.05, 0.1) is 5.56 Å². The quantitative estimate of drug-likeness (QED) is 0.704. The van der Waals surface area contributed by atoms with E-state index in [1.54, 1.807) is 24.3 Å². The Bertz CT molecular complexity index is 271. The second kappa shape index (κ2) is 4.01. The maximum absolute atomic E-state index is 10.4. The van der Waals surface area contributed by atoms with Crippen LogP contribution in [0.2, 0.25) is 0 Å². The Hall–Kier alpha value is -1.16. The van der Waals surface area contributed by atoms with Crippen molar-refractivity contribution in [3.8, 4) is 0 Å². The monoisotopic (exact) mass is 183 g/mol. The van der Waals surface area contributed by atoms with Crippen LogP contribution in [0.25, 0.3) is 0 Å². The normalized spacial score (nSPS) is 9.42. The Balaban J connectivity index is 2.78. The van der Waals surface area contributed by atoms with Crippen molar-refractivity contribution >= 4 is 23.6 Å². The molecular formula is C8H9NO2S. The number of rotatable bonds is 3. The maximum atomic E-state index is 10.4. The summed E-state index contributed by atoms with van der Waals surface area (Å²) >= 11 is 1.47. The lowest BCUT2D eigenvalue weighted by molar-refractivity contribution is 0.0697. The Kier molecular flexibility index (Phi) is 2.99. The summed E-state index contributed by atoms with van der Waals surface area (Å²) in [5.74, 6) is -0.897. The highest BCUT2D eigenvalue weighted by atomic mass is 32.2. The van der Waals surface area contributed by atoms with Gasteiger partial charge < -0.3 is 9.83 Å². The molecule has 0 unspecified atom stereocenters. The van der Waals surface area contributed by atoms with Crippen molar-refractivity contribution in [1.29, 1.82) is 0 Å². The Morgan fingerprint density at radius 2 is 2.00 bits per heavy atom. The zero-order valence-electron chi connectivity index (χ0n) is 6.57. The molecule has 4 heteroatoms. The van der Waals surface area contributed by atoms with Crippen LogP contribution < -0.4 is 4.72 Å². The third-order valence-corrected chi connectivity index (χ3v) is 1.79. The van der Waals surface area contributed by atoms with Crippen molar-refractivity contribution < 1.29 is 9.90 Å². The molecule has 1 aromatic rings. The van der Waals surface area contributed by atoms with E-state index in [1.807, 2.05) is 6.26 Å². The van der Waals surface area contributed by atoms with Gasteiger partial charge in [-0.25, -0.2) is 4.79 Å². The SMILES string of the molecule is CSNc1ccc(C(=O)O)cc1. The molecule has 0 aliphatic rings. The molecule has 1 rings (SSSR count). The topological polar surface area (TPSA) is 49.3 Å². The molecule has 0 amide bonds. The average molecular weight is 183 g/mol. The van der Waals surface area contributed by atoms with Gasteiger partial charge >= 0.3 is 5.97 Å². The second-order valence-electron chi connectivity index (χ2n) is 2.19. The summed E-state index contributed by atoms with van der Waals surface area (Å²) in [6, 6.07) is 6.61. The minimum Gasteiger partial charge on any atom is -0.478 e. The zero-order chi connectivity index (χ0) is 8.97. The Labute approximate surface area is 74.9 Å². The van der Waals surface area contributed by atoms with Gasteiger partial charge in [-0.15, -0.1) is 0 Å². The second-order valence-corrected chi connectivity index (χ2v) is 2.80. The van der Waals surface area contributed by atoms with E-state index < -0.39 is 5.97 Å². The summed E-state index contributed by atoms with van der Waals surface area (Å²) in [6.45, 7) is 0. The molecule has 0 aliphatic carbocycles. The number of benzene rings is 1. The lowest BCUT2D eigenvalue weighted by atomic mass is 10.2. The molecule has 0 radical (unpaired) electrons. The minimum absolute atomic E-state index is 0.307. The largest absolute Gasteiger partial charge is 0.478 e. The van der Waals surface area contributed by atoms with Crippen molar-refractivity contribution in [2.24, 2.45) is 0 Å². The van der Waals surface area contributed by atoms with Gasteiger partial charge in [-0.2, -0.15) is 0 Å². The highest BCUT2D eigenvalue weighted by molar-refractivity contribution is 7.99. The van der Waals surface area contributed by atoms with Crippen molar-refractivity contribution in [3.05, 3.63) is 29.8 Å². The standard InChI is InChI=1S/C8H9NO2S/c1-12-9-7-4-2-6(3-5-7)8(10)11/h2-5,9H,1H3,(H,10,11). The number of anilines is 1. The van der Waals surface area contributed by atoms with Gasteiger partial charge in [-0.3, -0.25) is 0 Å². The number of carboxylic acids is 1. The summed E-state index contributed by atoms with van der Waals surface area (Å²) in [4.78, 5) is 10.4. The molecule has 2 N–H and O–H groups in total. The molecular weight excluding hydrogens is 174 g/mol. The molecule has 12 heavy (non-hydrogen) atoms. The molecule has 0 saturated carbocycles. The van der Waals surface area contributed by atoms with E-state index in [2.05, 4.69) is 4.72 Å². The lowest BCUT2D eigenvalue weighted by Gasteiger charge is -2.00. The van der Waals surface area contributed by atoms with E-state index in [0.29, 0.717) is 5.56 Å². The highest BCUT2D eigenvalue weighted by Crippen LogP contribution is 2.12. The van der Waals surface area contributed by atoms with E-state index in [9.17, 15) is 4.79 Å². The minimum atomic E-state index is -0.897. The van der Waals surface area contributed by atoms with Gasteiger partial charge in [0.2, 0.25) is 0 Å². The lowest BCUT2D eigenvalue weighted by Crippen LogP contribution is -1.95. The molecule has 0 heterocycles. The van der Waals surface area contributed by atoms with Crippen molar-refractivity contribution in [3.63, 3.8) is 0 Å². The van der Waals surface area contributed by atoms with Gasteiger partial charge in [0, 0.05) is 11.9 Å². The fourth-order valence-electron chi connectivity index (χ4n) is 0.799. The van der Waals surface area contributed by atoms with E-state index >= 15 is 0 Å². The molecule has 0 spiro atoms. The predicted molar refractivity (Wildman–Crippen MR) is 50.5 cm³/mol. The van der Waals surface area contributed by atoms with Crippen LogP contribution in [0.3, 0.4) is 0 Å². The van der Waals surface area contributed by atoms with Crippen molar-refractivity contribution in [2.45, 2.75) is 0 Å². The summed E-state index contributed by atoms with van der Waals surface area (Å²) in [6.07, 6.45) is 1.91. The Morgan fingerprint density at radius 1 is 1.42 bits per heavy atom. The smallest absolute Gasteiger partial charge is 0.335 e. The Morgan fingerprint density at radius 3 is 2.42 bits per heavy atom. The number of carbonyl (C=O) groups is 1. The van der Waals surface area contributed by atoms with Crippen LogP contribution in [0.5, 0.6) is 0 Å².